The summed E-state index contributed by atoms with van der Waals surface area (Å²) in [7, 11) is 1.48. The molecular weight excluding hydrogens is 1400 g/mol. The third kappa shape index (κ3) is 19.5. The number of methoxy groups -OCH3 is 1. The van der Waals surface area contributed by atoms with Crippen molar-refractivity contribution in [1.29, 1.82) is 0 Å². The maximum absolute atomic E-state index is 13.8. The predicted molar refractivity (Wildman–Crippen MR) is 399 cm³/mol. The number of rotatable bonds is 27. The minimum Gasteiger partial charge on any atom is -0.497 e. The first-order valence-corrected chi connectivity index (χ1v) is 35.3. The first kappa shape index (κ1) is 78.7. The second kappa shape index (κ2) is 36.8. The fraction of sp³-hybridized carbons (Fsp3) is 0.287. The van der Waals surface area contributed by atoms with Gasteiger partial charge < -0.3 is 34.3 Å². The fourth-order valence-corrected chi connectivity index (χ4v) is 12.4. The monoisotopic (exact) mass is 1480 g/mol. The summed E-state index contributed by atoms with van der Waals surface area (Å²) >= 11 is 19.0. The first-order chi connectivity index (χ1) is 50.5. The van der Waals surface area contributed by atoms with E-state index in [4.69, 9.17) is 58.5 Å². The molecule has 5 unspecified atom stereocenters. The van der Waals surface area contributed by atoms with Gasteiger partial charge in [-0.3, -0.25) is 53.3 Å². The average molecular weight is 1490 g/mol. The van der Waals surface area contributed by atoms with Gasteiger partial charge in [0, 0.05) is 41.1 Å². The second-order valence-corrected chi connectivity index (χ2v) is 26.0. The molecule has 0 aliphatic carbocycles. The van der Waals surface area contributed by atoms with Crippen molar-refractivity contribution in [2.24, 2.45) is 0 Å². The Balaban J connectivity index is 0.000000187. The van der Waals surface area contributed by atoms with E-state index in [9.17, 15) is 43.2 Å². The van der Waals surface area contributed by atoms with Crippen molar-refractivity contribution in [3.05, 3.63) is 259 Å². The van der Waals surface area contributed by atoms with Crippen LogP contribution in [-0.4, -0.2) is 141 Å². The smallest absolute Gasteiger partial charge is 0.330 e. The Morgan fingerprint density at radius 2 is 0.895 bits per heavy atom. The Hall–Kier alpha value is -10.5. The maximum atomic E-state index is 13.8. The van der Waals surface area contributed by atoms with Crippen LogP contribution in [0.3, 0.4) is 0 Å². The number of hydrogen-bond acceptors (Lipinski definition) is 14. The molecule has 8 aromatic rings. The number of benzene rings is 8. The highest BCUT2D eigenvalue weighted by Crippen LogP contribution is 2.33. The van der Waals surface area contributed by atoms with E-state index in [0.29, 0.717) is 57.3 Å². The van der Waals surface area contributed by atoms with Crippen molar-refractivity contribution in [3.63, 3.8) is 0 Å². The fourth-order valence-electron chi connectivity index (χ4n) is 11.9. The van der Waals surface area contributed by atoms with Crippen molar-refractivity contribution >= 4 is 99.6 Å². The first-order valence-electron chi connectivity index (χ1n) is 34.1. The molecule has 548 valence electrons. The van der Waals surface area contributed by atoms with Gasteiger partial charge in [-0.25, -0.2) is 19.3 Å². The summed E-state index contributed by atoms with van der Waals surface area (Å²) in [6.07, 6.45) is -3.47. The lowest BCUT2D eigenvalue weighted by atomic mass is 10.0. The molecule has 2 N–H and O–H groups in total. The largest absolute Gasteiger partial charge is 0.497 e. The lowest BCUT2D eigenvalue weighted by Gasteiger charge is -2.25. The molecule has 0 radical (unpaired) electrons. The molecule has 11 amide bonds. The molecule has 0 bridgehead atoms. The van der Waals surface area contributed by atoms with Crippen molar-refractivity contribution in [1.82, 2.24) is 29.4 Å². The van der Waals surface area contributed by atoms with Gasteiger partial charge in [-0.2, -0.15) is 0 Å². The van der Waals surface area contributed by atoms with E-state index in [0.717, 1.165) is 49.4 Å². The third-order valence-corrected chi connectivity index (χ3v) is 18.2. The predicted octanol–water partition coefficient (Wildman–Crippen LogP) is 14.7. The van der Waals surface area contributed by atoms with Crippen LogP contribution < -0.4 is 20.1 Å². The molecule has 0 saturated carbocycles. The number of ketones is 1. The van der Waals surface area contributed by atoms with Crippen LogP contribution in [0, 0.1) is 27.7 Å². The lowest BCUT2D eigenvalue weighted by Crippen LogP contribution is -2.52. The van der Waals surface area contributed by atoms with Gasteiger partial charge in [-0.05, 0) is 161 Å². The van der Waals surface area contributed by atoms with E-state index >= 15 is 0 Å². The van der Waals surface area contributed by atoms with Crippen molar-refractivity contribution in [2.75, 3.05) is 37.6 Å². The molecule has 3 heterocycles. The summed E-state index contributed by atoms with van der Waals surface area (Å²) in [5, 5.41) is 6.65. The summed E-state index contributed by atoms with van der Waals surface area (Å²) in [5.41, 5.74) is 8.56. The Bertz CT molecular complexity index is 4440. The summed E-state index contributed by atoms with van der Waals surface area (Å²) in [6.45, 7) is 16.2. The summed E-state index contributed by atoms with van der Waals surface area (Å²) in [5.74, 6) is -2.42. The molecule has 3 saturated heterocycles. The highest BCUT2D eigenvalue weighted by Gasteiger charge is 2.53. The molecule has 3 aliphatic rings. The highest BCUT2D eigenvalue weighted by molar-refractivity contribution is 6.34. The Morgan fingerprint density at radius 1 is 0.457 bits per heavy atom. The number of ether oxygens (including phenoxy) is 5. The van der Waals surface area contributed by atoms with E-state index < -0.39 is 66.4 Å². The molecule has 105 heavy (non-hydrogen) atoms. The number of carbonyl (C=O) groups is 9. The zero-order valence-corrected chi connectivity index (χ0v) is 61.9. The molecule has 5 atom stereocenters. The minimum atomic E-state index is -1.82. The van der Waals surface area contributed by atoms with Gasteiger partial charge in [0.05, 0.1) is 50.5 Å². The number of Topliss-reactive ketones (excluding diaryl/α,β-unsaturated/α-hetero) is 1. The number of anilines is 2. The molecule has 0 aromatic heterocycles. The van der Waals surface area contributed by atoms with Crippen molar-refractivity contribution in [2.45, 2.75) is 125 Å². The number of hydrogen-bond donors (Lipinski definition) is 2. The Morgan fingerprint density at radius 3 is 1.37 bits per heavy atom. The van der Waals surface area contributed by atoms with E-state index in [1.54, 1.807) is 99.6 Å². The van der Waals surface area contributed by atoms with Gasteiger partial charge in [-0.15, -0.1) is 0 Å². The van der Waals surface area contributed by atoms with Crippen molar-refractivity contribution < 1.29 is 66.8 Å². The molecule has 0 spiro atoms. The van der Waals surface area contributed by atoms with Crippen LogP contribution in [0.15, 0.2) is 188 Å². The van der Waals surface area contributed by atoms with Crippen molar-refractivity contribution in [3.8, 4) is 11.5 Å². The van der Waals surface area contributed by atoms with Gasteiger partial charge in [-0.1, -0.05) is 174 Å². The third-order valence-electron chi connectivity index (χ3n) is 17.2. The lowest BCUT2D eigenvalue weighted by molar-refractivity contribution is -0.144. The van der Waals surface area contributed by atoms with Crippen LogP contribution in [-0.2, 0) is 70.9 Å². The average Bonchev–Trinajstić information content (AvgIpc) is 1.64. The van der Waals surface area contributed by atoms with E-state index in [2.05, 4.69) is 10.6 Å². The number of halogens is 3. The van der Waals surface area contributed by atoms with Crippen LogP contribution in [0.5, 0.6) is 11.5 Å². The molecule has 3 aliphatic heterocycles. The van der Waals surface area contributed by atoms with E-state index in [1.165, 1.54) is 38.8 Å². The van der Waals surface area contributed by atoms with Gasteiger partial charge in [0.25, 0.3) is 29.5 Å². The second-order valence-electron chi connectivity index (χ2n) is 24.8. The summed E-state index contributed by atoms with van der Waals surface area (Å²) in [4.78, 5) is 127. The molecular formula is C80H83Cl3N8O14. The zero-order valence-electron chi connectivity index (χ0n) is 59.7. The number of amides is 11. The van der Waals surface area contributed by atoms with Crippen LogP contribution in [0.25, 0.3) is 0 Å². The Kier molecular flexibility index (Phi) is 27.6. The number of aryl methyl sites for hydroxylation is 4. The molecule has 25 heteroatoms. The molecule has 22 nitrogen and oxygen atoms in total. The van der Waals surface area contributed by atoms with E-state index in [-0.39, 0.29) is 73.5 Å². The number of urea groups is 3. The SMILES string of the molecule is CCOC1C(=O)N(C(C(=O)Nc2cc(C)ccc2Cl)C(=O)c2ccc(OC)cc2)C(=O)N1Cc1ccccc1.CCOC1C(=O)N(Cc2cc(C)ccc2Cl)C(=O)N1Cc1ccccc1.CCOC1C(=O)N(Cc2cc(NC(=O)C(CC)Oc3ccc(C)cc3C)ccc2Cl)C(=O)N1Cc1ccccc1. The van der Waals surface area contributed by atoms with Crippen LogP contribution >= 0.6 is 34.8 Å². The number of nitrogens with zero attached hydrogens (tertiary/aromatic N) is 6. The number of nitrogens with one attached hydrogen (secondary N) is 2. The van der Waals surface area contributed by atoms with E-state index in [1.807, 2.05) is 132 Å². The molecule has 11 rings (SSSR count). The molecule has 3 fully saturated rings. The standard InChI is InChI=1S/C31H34ClN3O5.C29H28ClN3O6.C20H21ClN2O3/c1-5-26(40-27-15-12-20(3)16-21(27)4)28(36)33-24-13-14-25(32)23(17-24)19-34-29(37)30(39-6-2)35(31(34)38)18-22-10-8-7-9-11-22;1-4-39-28-27(36)33(29(37)32(28)17-19-8-6-5-7-9-19)24(25(34)20-11-13-21(38-3)14-12-20)26(35)31-23-16-18(2)10-15-22(23)30;1-3-26-19-18(24)22(13-16-11-14(2)9-10-17(16)21)20(25)23(19)12-15-7-5-4-6-8-15/h7-17,26,30H,5-6,18-19H2,1-4H3,(H,33,36);5-16,24,28H,4,17H2,1-3H3,(H,31,35);4-11,19H,3,12-13H2,1-2H3. The summed E-state index contributed by atoms with van der Waals surface area (Å²) in [6, 6.07) is 51.9. The van der Waals surface area contributed by atoms with Crippen LogP contribution in [0.4, 0.5) is 25.8 Å². The minimum absolute atomic E-state index is 0.0430. The number of carbonyl (C=O) groups excluding carboxylic acids is 9. The normalized spacial score (nSPS) is 16.2. The zero-order chi connectivity index (χ0) is 75.6. The van der Waals surface area contributed by atoms with Gasteiger partial charge in [0.2, 0.25) is 18.7 Å². The van der Waals surface area contributed by atoms with Gasteiger partial charge in [0.1, 0.15) is 11.5 Å². The van der Waals surface area contributed by atoms with Gasteiger partial charge in [0.15, 0.2) is 17.9 Å². The Labute approximate surface area is 625 Å². The quantitative estimate of drug-likeness (QED) is 0.0276. The molecule has 8 aromatic carbocycles. The maximum Gasteiger partial charge on any atom is 0.330 e. The number of imide groups is 3. The highest BCUT2D eigenvalue weighted by atomic mass is 35.5. The van der Waals surface area contributed by atoms with Crippen LogP contribution in [0.1, 0.15) is 94.5 Å². The van der Waals surface area contributed by atoms with Gasteiger partial charge >= 0.3 is 18.1 Å². The topological polar surface area (TPSA) is 243 Å². The summed E-state index contributed by atoms with van der Waals surface area (Å²) < 4.78 is 28.0. The van der Waals surface area contributed by atoms with Crippen LogP contribution in [0.2, 0.25) is 15.1 Å².